The minimum absolute atomic E-state index is 0.281. The fourth-order valence-corrected chi connectivity index (χ4v) is 2.71. The molecule has 0 saturated heterocycles. The Hall–Kier alpha value is -3.67. The van der Waals surface area contributed by atoms with Crippen molar-refractivity contribution in [2.45, 2.75) is 6.54 Å². The zero-order valence-corrected chi connectivity index (χ0v) is 15.2. The van der Waals surface area contributed by atoms with Crippen molar-refractivity contribution in [2.24, 2.45) is 0 Å². The number of carbonyl (C=O) groups excluding carboxylic acids is 2. The molecule has 28 heavy (non-hydrogen) atoms. The van der Waals surface area contributed by atoms with Crippen molar-refractivity contribution in [3.05, 3.63) is 95.3 Å². The second kappa shape index (κ2) is 8.81. The summed E-state index contributed by atoms with van der Waals surface area (Å²) in [5.74, 6) is -0.501. The largest absolute Gasteiger partial charge is 0.496 e. The van der Waals surface area contributed by atoms with E-state index < -0.39 is 11.7 Å². The normalized spacial score (nSPS) is 10.2. The van der Waals surface area contributed by atoms with E-state index >= 15 is 0 Å². The molecule has 5 nitrogen and oxygen atoms in total. The fourth-order valence-electron chi connectivity index (χ4n) is 2.71. The minimum atomic E-state index is -0.426. The molecule has 0 aliphatic carbocycles. The zero-order chi connectivity index (χ0) is 19.9. The Morgan fingerprint density at radius 1 is 0.893 bits per heavy atom. The predicted molar refractivity (Wildman–Crippen MR) is 105 cm³/mol. The Kier molecular flexibility index (Phi) is 6.01. The molecule has 3 rings (SSSR count). The summed E-state index contributed by atoms with van der Waals surface area (Å²) in [5.41, 5.74) is 1.83. The third-order valence-corrected chi connectivity index (χ3v) is 4.16. The summed E-state index contributed by atoms with van der Waals surface area (Å²) in [6, 6.07) is 19.3. The van der Waals surface area contributed by atoms with Crippen molar-refractivity contribution in [3.8, 4) is 5.75 Å². The van der Waals surface area contributed by atoms with Gasteiger partial charge in [0.1, 0.15) is 11.6 Å². The van der Waals surface area contributed by atoms with Crippen LogP contribution in [0.1, 0.15) is 26.3 Å². The SMILES string of the molecule is COc1ccccc1CNC(=O)c1ccccc1NC(=O)c1ccc(F)cc1. The summed E-state index contributed by atoms with van der Waals surface area (Å²) in [4.78, 5) is 25.0. The number of para-hydroxylation sites is 2. The molecule has 0 radical (unpaired) electrons. The number of benzene rings is 3. The monoisotopic (exact) mass is 378 g/mol. The van der Waals surface area contributed by atoms with Crippen LogP contribution in [0.4, 0.5) is 10.1 Å². The van der Waals surface area contributed by atoms with Gasteiger partial charge in [0.05, 0.1) is 18.4 Å². The van der Waals surface area contributed by atoms with E-state index in [-0.39, 0.29) is 12.5 Å². The highest BCUT2D eigenvalue weighted by molar-refractivity contribution is 6.08. The number of carbonyl (C=O) groups is 2. The molecule has 2 amide bonds. The number of hydrogen-bond acceptors (Lipinski definition) is 3. The van der Waals surface area contributed by atoms with E-state index in [4.69, 9.17) is 4.74 Å². The lowest BCUT2D eigenvalue weighted by Crippen LogP contribution is -2.25. The van der Waals surface area contributed by atoms with E-state index in [9.17, 15) is 14.0 Å². The molecule has 0 bridgehead atoms. The lowest BCUT2D eigenvalue weighted by Gasteiger charge is -2.13. The Balaban J connectivity index is 1.73. The number of hydrogen-bond donors (Lipinski definition) is 2. The van der Waals surface area contributed by atoms with Gasteiger partial charge in [0.25, 0.3) is 11.8 Å². The number of halogens is 1. The molecular weight excluding hydrogens is 359 g/mol. The van der Waals surface area contributed by atoms with Gasteiger partial charge in [-0.15, -0.1) is 0 Å². The van der Waals surface area contributed by atoms with Gasteiger partial charge in [-0.3, -0.25) is 9.59 Å². The Labute approximate surface area is 162 Å². The van der Waals surface area contributed by atoms with Crippen molar-refractivity contribution in [3.63, 3.8) is 0 Å². The molecular formula is C22H19FN2O3. The average molecular weight is 378 g/mol. The second-order valence-corrected chi connectivity index (χ2v) is 6.00. The number of methoxy groups -OCH3 is 1. The quantitative estimate of drug-likeness (QED) is 0.681. The van der Waals surface area contributed by atoms with Crippen LogP contribution in [0.5, 0.6) is 5.75 Å². The van der Waals surface area contributed by atoms with E-state index in [1.807, 2.05) is 24.3 Å². The highest BCUT2D eigenvalue weighted by Gasteiger charge is 2.14. The van der Waals surface area contributed by atoms with Gasteiger partial charge < -0.3 is 15.4 Å². The topological polar surface area (TPSA) is 67.4 Å². The van der Waals surface area contributed by atoms with Gasteiger partial charge in [-0.25, -0.2) is 4.39 Å². The predicted octanol–water partition coefficient (Wildman–Crippen LogP) is 4.02. The maximum atomic E-state index is 13.0. The van der Waals surface area contributed by atoms with Gasteiger partial charge in [0, 0.05) is 17.7 Å². The maximum absolute atomic E-state index is 13.0. The summed E-state index contributed by atoms with van der Waals surface area (Å²) in [6.45, 7) is 0.281. The first kappa shape index (κ1) is 19.1. The molecule has 2 N–H and O–H groups in total. The van der Waals surface area contributed by atoms with Crippen LogP contribution in [-0.2, 0) is 6.54 Å². The third kappa shape index (κ3) is 4.54. The first-order valence-corrected chi connectivity index (χ1v) is 8.64. The van der Waals surface area contributed by atoms with E-state index in [0.29, 0.717) is 22.6 Å². The van der Waals surface area contributed by atoms with Gasteiger partial charge in [0.2, 0.25) is 0 Å². The summed E-state index contributed by atoms with van der Waals surface area (Å²) >= 11 is 0. The molecule has 0 atom stereocenters. The van der Waals surface area contributed by atoms with Crippen molar-refractivity contribution in [2.75, 3.05) is 12.4 Å². The molecule has 0 spiro atoms. The molecule has 0 heterocycles. The molecule has 0 unspecified atom stereocenters. The van der Waals surface area contributed by atoms with E-state index in [0.717, 1.165) is 5.56 Å². The lowest BCUT2D eigenvalue weighted by molar-refractivity contribution is 0.0951. The van der Waals surface area contributed by atoms with Crippen molar-refractivity contribution >= 4 is 17.5 Å². The molecule has 0 fully saturated rings. The molecule has 3 aromatic carbocycles. The number of ether oxygens (including phenoxy) is 1. The summed E-state index contributed by atoms with van der Waals surface area (Å²) in [7, 11) is 1.57. The molecule has 0 saturated carbocycles. The summed E-state index contributed by atoms with van der Waals surface area (Å²) in [6.07, 6.45) is 0. The summed E-state index contributed by atoms with van der Waals surface area (Å²) < 4.78 is 18.3. The van der Waals surface area contributed by atoms with Crippen molar-refractivity contribution in [1.82, 2.24) is 5.32 Å². The molecule has 0 aliphatic heterocycles. The van der Waals surface area contributed by atoms with Crippen molar-refractivity contribution in [1.29, 1.82) is 0 Å². The highest BCUT2D eigenvalue weighted by atomic mass is 19.1. The van der Waals surface area contributed by atoms with Crippen molar-refractivity contribution < 1.29 is 18.7 Å². The van der Waals surface area contributed by atoms with E-state index in [2.05, 4.69) is 10.6 Å². The van der Waals surface area contributed by atoms with Crippen LogP contribution in [0.2, 0.25) is 0 Å². The number of amides is 2. The van der Waals surface area contributed by atoms with Crippen LogP contribution in [0.3, 0.4) is 0 Å². The first-order chi connectivity index (χ1) is 13.6. The van der Waals surface area contributed by atoms with Gasteiger partial charge in [0.15, 0.2) is 0 Å². The highest BCUT2D eigenvalue weighted by Crippen LogP contribution is 2.19. The Bertz CT molecular complexity index is 987. The van der Waals surface area contributed by atoms with Crippen LogP contribution in [-0.4, -0.2) is 18.9 Å². The molecule has 6 heteroatoms. The maximum Gasteiger partial charge on any atom is 0.255 e. The van der Waals surface area contributed by atoms with Crippen LogP contribution in [0.25, 0.3) is 0 Å². The van der Waals surface area contributed by atoms with Crippen LogP contribution >= 0.6 is 0 Å². The summed E-state index contributed by atoms with van der Waals surface area (Å²) in [5, 5.41) is 5.53. The first-order valence-electron chi connectivity index (χ1n) is 8.64. The van der Waals surface area contributed by atoms with Gasteiger partial charge in [-0.1, -0.05) is 30.3 Å². The lowest BCUT2D eigenvalue weighted by atomic mass is 10.1. The molecule has 0 aromatic heterocycles. The van der Waals surface area contributed by atoms with E-state index in [1.165, 1.54) is 24.3 Å². The minimum Gasteiger partial charge on any atom is -0.496 e. The van der Waals surface area contributed by atoms with E-state index in [1.54, 1.807) is 31.4 Å². The third-order valence-electron chi connectivity index (χ3n) is 4.16. The number of anilines is 1. The van der Waals surface area contributed by atoms with Gasteiger partial charge in [-0.05, 0) is 42.5 Å². The van der Waals surface area contributed by atoms with Gasteiger partial charge in [-0.2, -0.15) is 0 Å². The second-order valence-electron chi connectivity index (χ2n) is 6.00. The molecule has 3 aromatic rings. The molecule has 0 aliphatic rings. The molecule has 142 valence electrons. The standard InChI is InChI=1S/C22H19FN2O3/c1-28-20-9-5-2-6-16(20)14-24-22(27)18-7-3-4-8-19(18)25-21(26)15-10-12-17(23)13-11-15/h2-13H,14H2,1H3,(H,24,27)(H,25,26). The Morgan fingerprint density at radius 2 is 1.57 bits per heavy atom. The zero-order valence-electron chi connectivity index (χ0n) is 15.2. The fraction of sp³-hybridized carbons (Fsp3) is 0.0909. The van der Waals surface area contributed by atoms with Crippen LogP contribution in [0, 0.1) is 5.82 Å². The smallest absolute Gasteiger partial charge is 0.255 e. The van der Waals surface area contributed by atoms with Gasteiger partial charge >= 0.3 is 0 Å². The van der Waals surface area contributed by atoms with Crippen LogP contribution in [0.15, 0.2) is 72.8 Å². The Morgan fingerprint density at radius 3 is 2.32 bits per heavy atom. The number of nitrogens with one attached hydrogen (secondary N) is 2. The average Bonchev–Trinajstić information content (AvgIpc) is 2.73. The van der Waals surface area contributed by atoms with Crippen LogP contribution < -0.4 is 15.4 Å². The number of rotatable bonds is 6.